The monoisotopic (exact) mass is 385 g/mol. The molecule has 0 amide bonds. The number of rotatable bonds is 10. The Labute approximate surface area is 158 Å². The molecule has 0 spiro atoms. The average molecular weight is 386 g/mol. The predicted molar refractivity (Wildman–Crippen MR) is 104 cm³/mol. The molecule has 1 aromatic heterocycles. The lowest BCUT2D eigenvalue weighted by atomic mass is 10.2. The van der Waals surface area contributed by atoms with Gasteiger partial charge in [-0.15, -0.1) is 23.2 Å². The number of anilines is 1. The maximum Gasteiger partial charge on any atom is 0.305 e. The Morgan fingerprint density at radius 2 is 2.00 bits per heavy atom. The number of carbonyl (C=O) groups excluding carboxylic acids is 1. The van der Waals surface area contributed by atoms with Gasteiger partial charge in [-0.2, -0.15) is 0 Å². The van der Waals surface area contributed by atoms with Crippen LogP contribution in [0.4, 0.5) is 5.69 Å². The second-order valence-electron chi connectivity index (χ2n) is 5.78. The highest BCUT2D eigenvalue weighted by Gasteiger charge is 2.12. The van der Waals surface area contributed by atoms with E-state index in [4.69, 9.17) is 27.9 Å². The van der Waals surface area contributed by atoms with Crippen LogP contribution < -0.4 is 4.90 Å². The van der Waals surface area contributed by atoms with E-state index in [0.717, 1.165) is 48.5 Å². The van der Waals surface area contributed by atoms with Crippen LogP contribution in [-0.2, 0) is 23.0 Å². The van der Waals surface area contributed by atoms with Crippen molar-refractivity contribution >= 4 is 45.9 Å². The molecule has 0 saturated heterocycles. The number of fused-ring (bicyclic) bond motifs is 1. The smallest absolute Gasteiger partial charge is 0.305 e. The summed E-state index contributed by atoms with van der Waals surface area (Å²) in [6.07, 6.45) is 1.89. The van der Waals surface area contributed by atoms with Gasteiger partial charge in [-0.05, 0) is 31.5 Å². The third kappa shape index (κ3) is 5.25. The molecule has 0 aliphatic heterocycles. The fourth-order valence-corrected chi connectivity index (χ4v) is 3.25. The molecule has 138 valence electrons. The van der Waals surface area contributed by atoms with Crippen molar-refractivity contribution in [3.05, 3.63) is 24.0 Å². The highest BCUT2D eigenvalue weighted by Crippen LogP contribution is 2.23. The van der Waals surface area contributed by atoms with Crippen LogP contribution >= 0.6 is 23.2 Å². The number of hydrogen-bond acceptors (Lipinski definition) is 4. The minimum atomic E-state index is -0.152. The van der Waals surface area contributed by atoms with Gasteiger partial charge in [0, 0.05) is 50.4 Å². The number of carbonyl (C=O) groups is 1. The molecule has 0 unspecified atom stereocenters. The molecule has 0 bridgehead atoms. The van der Waals surface area contributed by atoms with E-state index in [1.165, 1.54) is 0 Å². The van der Waals surface area contributed by atoms with E-state index in [9.17, 15) is 4.79 Å². The number of esters is 1. The Bertz CT molecular complexity index is 697. The fourth-order valence-electron chi connectivity index (χ4n) is 2.85. The number of aromatic nitrogens is 2. The van der Waals surface area contributed by atoms with E-state index in [0.29, 0.717) is 24.8 Å². The van der Waals surface area contributed by atoms with Gasteiger partial charge in [0.15, 0.2) is 0 Å². The largest absolute Gasteiger partial charge is 0.466 e. The first-order valence-electron chi connectivity index (χ1n) is 8.58. The molecule has 0 fully saturated rings. The Morgan fingerprint density at radius 1 is 1.28 bits per heavy atom. The van der Waals surface area contributed by atoms with E-state index < -0.39 is 0 Å². The normalized spacial score (nSPS) is 11.0. The van der Waals surface area contributed by atoms with Crippen molar-refractivity contribution in [2.45, 2.75) is 26.2 Å². The van der Waals surface area contributed by atoms with Gasteiger partial charge < -0.3 is 14.2 Å². The quantitative estimate of drug-likeness (QED) is 0.461. The Hall–Kier alpha value is -1.46. The van der Waals surface area contributed by atoms with Crippen LogP contribution in [0.25, 0.3) is 11.0 Å². The van der Waals surface area contributed by atoms with Crippen molar-refractivity contribution in [2.24, 2.45) is 7.05 Å². The molecule has 0 atom stereocenters. The minimum Gasteiger partial charge on any atom is -0.466 e. The van der Waals surface area contributed by atoms with Gasteiger partial charge in [-0.1, -0.05) is 0 Å². The van der Waals surface area contributed by atoms with Crippen molar-refractivity contribution in [3.8, 4) is 0 Å². The van der Waals surface area contributed by atoms with Crippen molar-refractivity contribution in [2.75, 3.05) is 36.4 Å². The van der Waals surface area contributed by atoms with Crippen LogP contribution in [0.3, 0.4) is 0 Å². The summed E-state index contributed by atoms with van der Waals surface area (Å²) in [4.78, 5) is 18.3. The Balaban J connectivity index is 2.14. The molecule has 2 aromatic rings. The minimum absolute atomic E-state index is 0.152. The van der Waals surface area contributed by atoms with Crippen LogP contribution in [0.2, 0.25) is 0 Å². The molecule has 0 radical (unpaired) electrons. The Morgan fingerprint density at radius 3 is 2.64 bits per heavy atom. The number of halogens is 2. The molecule has 0 aliphatic carbocycles. The third-order valence-corrected chi connectivity index (χ3v) is 4.46. The lowest BCUT2D eigenvalue weighted by molar-refractivity contribution is -0.143. The molecule has 25 heavy (non-hydrogen) atoms. The fraction of sp³-hybridized carbons (Fsp3) is 0.556. The summed E-state index contributed by atoms with van der Waals surface area (Å²) in [5, 5.41) is 0. The van der Waals surface area contributed by atoms with Crippen LogP contribution in [0.5, 0.6) is 0 Å². The number of nitrogens with zero attached hydrogens (tertiary/aromatic N) is 3. The van der Waals surface area contributed by atoms with Gasteiger partial charge in [-0.3, -0.25) is 4.79 Å². The number of ether oxygens (including phenoxy) is 1. The summed E-state index contributed by atoms with van der Waals surface area (Å²) in [7, 11) is 2.01. The van der Waals surface area contributed by atoms with Crippen molar-refractivity contribution in [1.29, 1.82) is 0 Å². The summed E-state index contributed by atoms with van der Waals surface area (Å²) in [6, 6.07) is 6.20. The lowest BCUT2D eigenvalue weighted by Crippen LogP contribution is -2.27. The first kappa shape index (κ1) is 19.9. The molecule has 5 nitrogen and oxygen atoms in total. The molecule has 1 heterocycles. The van der Waals surface area contributed by atoms with Crippen LogP contribution in [0, 0.1) is 0 Å². The zero-order valence-corrected chi connectivity index (χ0v) is 16.3. The van der Waals surface area contributed by atoms with Crippen LogP contribution in [0.15, 0.2) is 18.2 Å². The first-order valence-corrected chi connectivity index (χ1v) is 9.65. The van der Waals surface area contributed by atoms with Crippen molar-refractivity contribution in [1.82, 2.24) is 9.55 Å². The standard InChI is InChI=1S/C18H25Cl2N3O2/c1-3-25-18(24)6-4-5-17-21-15-8-7-14(13-16(15)22(17)2)23(11-9-19)12-10-20/h7-8,13H,3-6,9-12H2,1-2H3. The van der Waals surface area contributed by atoms with Crippen LogP contribution in [0.1, 0.15) is 25.6 Å². The van der Waals surface area contributed by atoms with Gasteiger partial charge >= 0.3 is 5.97 Å². The van der Waals surface area contributed by atoms with Crippen LogP contribution in [-0.4, -0.2) is 47.0 Å². The summed E-state index contributed by atoms with van der Waals surface area (Å²) in [5.74, 6) is 1.93. The summed E-state index contributed by atoms with van der Waals surface area (Å²) in [6.45, 7) is 3.75. The maximum absolute atomic E-state index is 11.5. The summed E-state index contributed by atoms with van der Waals surface area (Å²) >= 11 is 11.8. The van der Waals surface area contributed by atoms with Crippen molar-refractivity contribution < 1.29 is 9.53 Å². The average Bonchev–Trinajstić information content (AvgIpc) is 2.91. The topological polar surface area (TPSA) is 47.4 Å². The van der Waals surface area contributed by atoms with Gasteiger partial charge in [-0.25, -0.2) is 4.98 Å². The van der Waals surface area contributed by atoms with Gasteiger partial charge in [0.1, 0.15) is 5.82 Å². The van der Waals surface area contributed by atoms with E-state index in [1.807, 2.05) is 20.0 Å². The molecular formula is C18H25Cl2N3O2. The SMILES string of the molecule is CCOC(=O)CCCc1nc2ccc(N(CCCl)CCCl)cc2n1C. The molecule has 1 aromatic carbocycles. The Kier molecular flexibility index (Phi) is 7.85. The van der Waals surface area contributed by atoms with E-state index in [1.54, 1.807) is 0 Å². The highest BCUT2D eigenvalue weighted by molar-refractivity contribution is 6.18. The third-order valence-electron chi connectivity index (χ3n) is 4.12. The predicted octanol–water partition coefficient (Wildman–Crippen LogP) is 3.74. The summed E-state index contributed by atoms with van der Waals surface area (Å²) in [5.41, 5.74) is 3.11. The number of benzene rings is 1. The molecular weight excluding hydrogens is 361 g/mol. The number of alkyl halides is 2. The first-order chi connectivity index (χ1) is 12.1. The van der Waals surface area contributed by atoms with Gasteiger partial charge in [0.25, 0.3) is 0 Å². The summed E-state index contributed by atoms with van der Waals surface area (Å²) < 4.78 is 7.05. The van der Waals surface area contributed by atoms with E-state index in [-0.39, 0.29) is 5.97 Å². The van der Waals surface area contributed by atoms with Gasteiger partial charge in [0.05, 0.1) is 17.6 Å². The van der Waals surface area contributed by atoms with E-state index in [2.05, 4.69) is 26.6 Å². The van der Waals surface area contributed by atoms with Gasteiger partial charge in [0.2, 0.25) is 0 Å². The maximum atomic E-state index is 11.5. The highest BCUT2D eigenvalue weighted by atomic mass is 35.5. The zero-order valence-electron chi connectivity index (χ0n) is 14.8. The second-order valence-corrected chi connectivity index (χ2v) is 6.54. The van der Waals surface area contributed by atoms with E-state index >= 15 is 0 Å². The molecule has 0 N–H and O–H groups in total. The lowest BCUT2D eigenvalue weighted by Gasteiger charge is -2.22. The van der Waals surface area contributed by atoms with Crippen molar-refractivity contribution in [3.63, 3.8) is 0 Å². The molecule has 7 heteroatoms. The zero-order chi connectivity index (χ0) is 18.2. The number of hydrogen-bond donors (Lipinski definition) is 0. The second kappa shape index (κ2) is 9.88. The molecule has 2 rings (SSSR count). The molecule has 0 aliphatic rings. The number of imidazole rings is 1. The molecule has 0 saturated carbocycles. The number of aryl methyl sites for hydroxylation is 2.